The molecule has 21 heavy (non-hydrogen) atoms. The fourth-order valence-corrected chi connectivity index (χ4v) is 3.71. The highest BCUT2D eigenvalue weighted by Crippen LogP contribution is 2.20. The molecule has 0 fully saturated rings. The Kier molecular flexibility index (Phi) is 7.81. The van der Waals surface area contributed by atoms with Gasteiger partial charge >= 0.3 is 0 Å². The number of alkyl halides is 2. The number of nitrogens with zero attached hydrogens (tertiary/aromatic N) is 1. The Morgan fingerprint density at radius 2 is 1.62 bits per heavy atom. The SMILES string of the molecule is CC(C)COc1ccc(S(=O)(=O)N(CCCl)CCCl)cc1. The third-order valence-corrected chi connectivity index (χ3v) is 4.96. The molecule has 0 N–H and O–H groups in total. The van der Waals surface area contributed by atoms with Crippen molar-refractivity contribution < 1.29 is 13.2 Å². The zero-order valence-corrected chi connectivity index (χ0v) is 14.6. The van der Waals surface area contributed by atoms with Crippen LogP contribution in [0.25, 0.3) is 0 Å². The summed E-state index contributed by atoms with van der Waals surface area (Å²) in [5.74, 6) is 1.53. The molecule has 1 aromatic carbocycles. The fraction of sp³-hybridized carbons (Fsp3) is 0.571. The molecule has 0 amide bonds. The summed E-state index contributed by atoms with van der Waals surface area (Å²) in [5, 5.41) is 0. The molecular formula is C14H21Cl2NO3S. The highest BCUT2D eigenvalue weighted by molar-refractivity contribution is 7.89. The van der Waals surface area contributed by atoms with E-state index in [1.807, 2.05) is 0 Å². The van der Waals surface area contributed by atoms with E-state index in [9.17, 15) is 8.42 Å². The summed E-state index contributed by atoms with van der Waals surface area (Å²) in [4.78, 5) is 0.217. The maximum absolute atomic E-state index is 12.5. The number of sulfonamides is 1. The van der Waals surface area contributed by atoms with Gasteiger partial charge in [0.25, 0.3) is 0 Å². The molecule has 0 spiro atoms. The van der Waals surface area contributed by atoms with Gasteiger partial charge in [-0.3, -0.25) is 0 Å². The second kappa shape index (κ2) is 8.83. The van der Waals surface area contributed by atoms with Gasteiger partial charge in [-0.2, -0.15) is 4.31 Å². The summed E-state index contributed by atoms with van der Waals surface area (Å²) in [6, 6.07) is 6.41. The van der Waals surface area contributed by atoms with Crippen LogP contribution in [0, 0.1) is 5.92 Å². The molecule has 1 aromatic rings. The molecule has 0 unspecified atom stereocenters. The van der Waals surface area contributed by atoms with E-state index in [2.05, 4.69) is 13.8 Å². The van der Waals surface area contributed by atoms with Crippen LogP contribution in [-0.4, -0.2) is 44.2 Å². The first-order chi connectivity index (χ1) is 9.91. The van der Waals surface area contributed by atoms with Gasteiger partial charge in [0.05, 0.1) is 11.5 Å². The Hall–Kier alpha value is -0.490. The van der Waals surface area contributed by atoms with E-state index in [4.69, 9.17) is 27.9 Å². The summed E-state index contributed by atoms with van der Waals surface area (Å²) >= 11 is 11.3. The van der Waals surface area contributed by atoms with Crippen molar-refractivity contribution in [1.82, 2.24) is 4.31 Å². The molecule has 0 bridgehead atoms. The van der Waals surface area contributed by atoms with Crippen molar-refractivity contribution in [1.29, 1.82) is 0 Å². The Morgan fingerprint density at radius 1 is 1.10 bits per heavy atom. The molecule has 0 aliphatic heterocycles. The lowest BCUT2D eigenvalue weighted by molar-refractivity contribution is 0.271. The maximum atomic E-state index is 12.5. The summed E-state index contributed by atoms with van der Waals surface area (Å²) in [5.41, 5.74) is 0. The van der Waals surface area contributed by atoms with Gasteiger partial charge in [0.1, 0.15) is 5.75 Å². The topological polar surface area (TPSA) is 46.6 Å². The molecule has 0 saturated heterocycles. The summed E-state index contributed by atoms with van der Waals surface area (Å²) in [6.07, 6.45) is 0. The molecular weight excluding hydrogens is 333 g/mol. The fourth-order valence-electron chi connectivity index (χ4n) is 1.66. The average Bonchev–Trinajstić information content (AvgIpc) is 2.45. The minimum Gasteiger partial charge on any atom is -0.493 e. The standard InChI is InChI=1S/C14H21Cl2NO3S/c1-12(2)11-20-13-3-5-14(6-4-13)21(18,19)17(9-7-15)10-8-16/h3-6,12H,7-11H2,1-2H3. The number of hydrogen-bond donors (Lipinski definition) is 0. The molecule has 0 saturated carbocycles. The highest BCUT2D eigenvalue weighted by atomic mass is 35.5. The van der Waals surface area contributed by atoms with Crippen molar-refractivity contribution >= 4 is 33.2 Å². The highest BCUT2D eigenvalue weighted by Gasteiger charge is 2.23. The Morgan fingerprint density at radius 3 is 2.05 bits per heavy atom. The zero-order chi connectivity index (χ0) is 15.9. The van der Waals surface area contributed by atoms with Crippen molar-refractivity contribution in [3.05, 3.63) is 24.3 Å². The van der Waals surface area contributed by atoms with E-state index < -0.39 is 10.0 Å². The first-order valence-corrected chi connectivity index (χ1v) is 9.27. The van der Waals surface area contributed by atoms with Crippen molar-refractivity contribution in [2.24, 2.45) is 5.92 Å². The molecule has 1 rings (SSSR count). The van der Waals surface area contributed by atoms with Gasteiger partial charge in [0, 0.05) is 24.8 Å². The number of halogens is 2. The predicted molar refractivity (Wildman–Crippen MR) is 87.0 cm³/mol. The number of hydrogen-bond acceptors (Lipinski definition) is 3. The Labute approximate surface area is 137 Å². The quantitative estimate of drug-likeness (QED) is 0.640. The van der Waals surface area contributed by atoms with Gasteiger partial charge in [-0.25, -0.2) is 8.42 Å². The van der Waals surface area contributed by atoms with Gasteiger partial charge in [-0.1, -0.05) is 13.8 Å². The van der Waals surface area contributed by atoms with E-state index >= 15 is 0 Å². The van der Waals surface area contributed by atoms with Gasteiger partial charge in [0.2, 0.25) is 10.0 Å². The molecule has 0 aliphatic carbocycles. The molecule has 0 aliphatic rings. The second-order valence-electron chi connectivity index (χ2n) is 4.96. The van der Waals surface area contributed by atoms with Crippen LogP contribution in [0.2, 0.25) is 0 Å². The summed E-state index contributed by atoms with van der Waals surface area (Å²) < 4.78 is 31.7. The molecule has 0 aromatic heterocycles. The minimum atomic E-state index is -3.56. The Bertz CT molecular complexity index is 512. The lowest BCUT2D eigenvalue weighted by Crippen LogP contribution is -2.34. The molecule has 0 radical (unpaired) electrons. The third-order valence-electron chi connectivity index (χ3n) is 2.71. The van der Waals surface area contributed by atoms with E-state index in [1.54, 1.807) is 24.3 Å². The molecule has 4 nitrogen and oxygen atoms in total. The lowest BCUT2D eigenvalue weighted by Gasteiger charge is -2.20. The zero-order valence-electron chi connectivity index (χ0n) is 12.3. The van der Waals surface area contributed by atoms with Crippen molar-refractivity contribution in [2.45, 2.75) is 18.7 Å². The van der Waals surface area contributed by atoms with Crippen LogP contribution >= 0.6 is 23.2 Å². The van der Waals surface area contributed by atoms with Crippen LogP contribution in [0.1, 0.15) is 13.8 Å². The molecule has 0 atom stereocenters. The summed E-state index contributed by atoms with van der Waals surface area (Å²) in [6.45, 7) is 5.17. The number of benzene rings is 1. The van der Waals surface area contributed by atoms with Gasteiger partial charge in [-0.05, 0) is 30.2 Å². The van der Waals surface area contributed by atoms with Gasteiger partial charge < -0.3 is 4.74 Å². The Balaban J connectivity index is 2.87. The predicted octanol–water partition coefficient (Wildman–Crippen LogP) is 3.19. The maximum Gasteiger partial charge on any atom is 0.243 e. The van der Waals surface area contributed by atoms with Crippen LogP contribution in [0.3, 0.4) is 0 Å². The van der Waals surface area contributed by atoms with E-state index in [0.29, 0.717) is 18.3 Å². The van der Waals surface area contributed by atoms with Gasteiger partial charge in [0.15, 0.2) is 0 Å². The first-order valence-electron chi connectivity index (χ1n) is 6.76. The summed E-state index contributed by atoms with van der Waals surface area (Å²) in [7, 11) is -3.56. The molecule has 0 heterocycles. The molecule has 120 valence electrons. The van der Waals surface area contributed by atoms with Crippen LogP contribution in [0.5, 0.6) is 5.75 Å². The minimum absolute atomic E-state index is 0.217. The van der Waals surface area contributed by atoms with E-state index in [1.165, 1.54) is 4.31 Å². The van der Waals surface area contributed by atoms with Crippen molar-refractivity contribution in [2.75, 3.05) is 31.5 Å². The van der Waals surface area contributed by atoms with Crippen molar-refractivity contribution in [3.8, 4) is 5.75 Å². The van der Waals surface area contributed by atoms with Crippen LogP contribution in [-0.2, 0) is 10.0 Å². The second-order valence-corrected chi connectivity index (χ2v) is 7.65. The largest absolute Gasteiger partial charge is 0.493 e. The third kappa shape index (κ3) is 5.66. The smallest absolute Gasteiger partial charge is 0.243 e. The van der Waals surface area contributed by atoms with Crippen LogP contribution in [0.4, 0.5) is 0 Å². The molecule has 7 heteroatoms. The van der Waals surface area contributed by atoms with Crippen LogP contribution in [0.15, 0.2) is 29.2 Å². The normalized spacial score (nSPS) is 12.1. The lowest BCUT2D eigenvalue weighted by atomic mass is 10.2. The van der Waals surface area contributed by atoms with Crippen molar-refractivity contribution in [3.63, 3.8) is 0 Å². The van der Waals surface area contributed by atoms with Crippen LogP contribution < -0.4 is 4.74 Å². The van der Waals surface area contributed by atoms with Gasteiger partial charge in [-0.15, -0.1) is 23.2 Å². The number of rotatable bonds is 9. The van der Waals surface area contributed by atoms with E-state index in [0.717, 1.165) is 0 Å². The first kappa shape index (κ1) is 18.6. The number of ether oxygens (including phenoxy) is 1. The average molecular weight is 354 g/mol. The van der Waals surface area contributed by atoms with E-state index in [-0.39, 0.29) is 29.7 Å². The monoisotopic (exact) mass is 353 g/mol.